The highest BCUT2D eigenvalue weighted by Gasteiger charge is 2.32. The second-order valence-electron chi connectivity index (χ2n) is 5.98. The number of hydrogen-bond acceptors (Lipinski definition) is 5. The average molecular weight is 452 g/mol. The van der Waals surface area contributed by atoms with Gasteiger partial charge in [-0.1, -0.05) is 15.9 Å². The van der Waals surface area contributed by atoms with Crippen molar-refractivity contribution in [2.24, 2.45) is 0 Å². The van der Waals surface area contributed by atoms with Gasteiger partial charge in [0.1, 0.15) is 11.5 Å². The topological polar surface area (TPSA) is 72.9 Å². The highest BCUT2D eigenvalue weighted by atomic mass is 79.9. The van der Waals surface area contributed by atoms with Gasteiger partial charge >= 0.3 is 0 Å². The summed E-state index contributed by atoms with van der Waals surface area (Å²) in [6.07, 6.45) is 1.53. The van der Waals surface area contributed by atoms with Crippen LogP contribution in [0.5, 0.6) is 11.5 Å². The fourth-order valence-electron chi connectivity index (χ4n) is 2.85. The number of carbonyl (C=O) groups excluding carboxylic acids is 1. The van der Waals surface area contributed by atoms with Gasteiger partial charge in [-0.25, -0.2) is 8.42 Å². The van der Waals surface area contributed by atoms with Crippen LogP contribution < -0.4 is 14.4 Å². The molecule has 0 bridgehead atoms. The molecule has 0 spiro atoms. The maximum atomic E-state index is 13.3. The monoisotopic (exact) mass is 451 g/mol. The van der Waals surface area contributed by atoms with Crippen molar-refractivity contribution in [3.63, 3.8) is 0 Å². The smallest absolute Gasteiger partial charge is 0.259 e. The summed E-state index contributed by atoms with van der Waals surface area (Å²) in [5.41, 5.74) is 0.934. The summed E-state index contributed by atoms with van der Waals surface area (Å²) in [5, 5.41) is 1.16. The maximum absolute atomic E-state index is 13.3. The van der Waals surface area contributed by atoms with Gasteiger partial charge in [0, 0.05) is 27.2 Å². The number of carbonyl (C=O) groups is 1. The quantitative estimate of drug-likeness (QED) is 0.695. The van der Waals surface area contributed by atoms with Crippen LogP contribution >= 0.6 is 15.9 Å². The summed E-state index contributed by atoms with van der Waals surface area (Å²) in [6, 6.07) is 11.4. The molecule has 2 aromatic carbocycles. The van der Waals surface area contributed by atoms with E-state index in [9.17, 15) is 13.2 Å². The number of benzene rings is 2. The third-order valence-corrected chi connectivity index (χ3v) is 6.07. The van der Waals surface area contributed by atoms with Crippen molar-refractivity contribution in [3.05, 3.63) is 64.0 Å². The molecule has 0 saturated carbocycles. The van der Waals surface area contributed by atoms with Crippen molar-refractivity contribution in [2.75, 3.05) is 24.9 Å². The molecule has 1 atom stereocenters. The van der Waals surface area contributed by atoms with Crippen molar-refractivity contribution in [1.82, 2.24) is 0 Å². The Balaban J connectivity index is 2.06. The van der Waals surface area contributed by atoms with Gasteiger partial charge < -0.3 is 14.4 Å². The van der Waals surface area contributed by atoms with Crippen molar-refractivity contribution in [1.29, 1.82) is 0 Å². The van der Waals surface area contributed by atoms with Crippen molar-refractivity contribution < 1.29 is 22.7 Å². The molecule has 3 rings (SSSR count). The molecule has 2 aromatic rings. The molecule has 0 radical (unpaired) electrons. The van der Waals surface area contributed by atoms with Crippen molar-refractivity contribution >= 4 is 37.4 Å². The first-order valence-electron chi connectivity index (χ1n) is 8.06. The molecule has 0 aromatic heterocycles. The molecular weight excluding hydrogens is 434 g/mol. The second kappa shape index (κ2) is 7.74. The van der Waals surface area contributed by atoms with E-state index in [4.69, 9.17) is 9.47 Å². The highest BCUT2D eigenvalue weighted by molar-refractivity contribution is 9.10. The lowest BCUT2D eigenvalue weighted by molar-refractivity contribution is 0.0982. The van der Waals surface area contributed by atoms with Gasteiger partial charge in [0.05, 0.1) is 26.0 Å². The third kappa shape index (κ3) is 4.33. The molecule has 0 aliphatic carbocycles. The van der Waals surface area contributed by atoms with E-state index in [1.54, 1.807) is 42.5 Å². The normalized spacial score (nSPS) is 17.5. The van der Waals surface area contributed by atoms with Gasteiger partial charge in [0.25, 0.3) is 5.91 Å². The Morgan fingerprint density at radius 1 is 1.07 bits per heavy atom. The Hall–Kier alpha value is -2.32. The summed E-state index contributed by atoms with van der Waals surface area (Å²) in [5.74, 6) is 0.447. The predicted octanol–water partition coefficient (Wildman–Crippen LogP) is 3.42. The number of halogens is 1. The number of ether oxygens (including phenoxy) is 2. The van der Waals surface area contributed by atoms with Gasteiger partial charge in [-0.05, 0) is 42.5 Å². The first kappa shape index (κ1) is 19.4. The lowest BCUT2D eigenvalue weighted by atomic mass is 10.1. The van der Waals surface area contributed by atoms with E-state index >= 15 is 0 Å². The molecule has 6 nitrogen and oxygen atoms in total. The molecule has 1 aliphatic rings. The van der Waals surface area contributed by atoms with E-state index in [0.717, 1.165) is 9.88 Å². The minimum atomic E-state index is -3.33. The number of methoxy groups -OCH3 is 2. The average Bonchev–Trinajstić information content (AvgIpc) is 3.02. The van der Waals surface area contributed by atoms with Crippen LogP contribution in [0.2, 0.25) is 0 Å². The van der Waals surface area contributed by atoms with Gasteiger partial charge in [-0.2, -0.15) is 0 Å². The van der Waals surface area contributed by atoms with Gasteiger partial charge in [0.2, 0.25) is 0 Å². The fourth-order valence-corrected chi connectivity index (χ4v) is 4.38. The second-order valence-corrected chi connectivity index (χ2v) is 8.83. The zero-order valence-corrected chi connectivity index (χ0v) is 17.2. The van der Waals surface area contributed by atoms with Crippen LogP contribution in [0.25, 0.3) is 0 Å². The summed E-state index contributed by atoms with van der Waals surface area (Å²) in [6.45, 7) is 0. The molecule has 1 amide bonds. The first-order valence-corrected chi connectivity index (χ1v) is 10.6. The van der Waals surface area contributed by atoms with Gasteiger partial charge in [-0.3, -0.25) is 4.79 Å². The van der Waals surface area contributed by atoms with Crippen LogP contribution in [0.15, 0.2) is 58.4 Å². The molecule has 27 heavy (non-hydrogen) atoms. The molecule has 0 saturated heterocycles. The van der Waals surface area contributed by atoms with E-state index in [-0.39, 0.29) is 11.7 Å². The Morgan fingerprint density at radius 2 is 1.67 bits per heavy atom. The van der Waals surface area contributed by atoms with Crippen molar-refractivity contribution in [2.45, 2.75) is 6.04 Å². The molecule has 1 aliphatic heterocycles. The minimum Gasteiger partial charge on any atom is -0.497 e. The number of amides is 1. The Labute approximate surface area is 166 Å². The number of rotatable bonds is 5. The van der Waals surface area contributed by atoms with E-state index in [1.807, 2.05) is 0 Å². The van der Waals surface area contributed by atoms with E-state index in [2.05, 4.69) is 15.9 Å². The number of hydrogen-bond donors (Lipinski definition) is 0. The van der Waals surface area contributed by atoms with Crippen LogP contribution in [0.1, 0.15) is 10.4 Å². The number of nitrogens with zero attached hydrogens (tertiary/aromatic N) is 1. The standard InChI is InChI=1S/C19H18BrNO5S/c1-25-17-9-13(10-18(11-17)26-2)19(22)21(15-5-3-14(20)4-6-15)16-7-8-27(23,24)12-16/h3-11,16H,12H2,1-2H3/t16-/m0/s1. The van der Waals surface area contributed by atoms with E-state index < -0.39 is 15.9 Å². The summed E-state index contributed by atoms with van der Waals surface area (Å²) in [4.78, 5) is 14.8. The molecule has 0 unspecified atom stereocenters. The molecule has 8 heteroatoms. The van der Waals surface area contributed by atoms with Gasteiger partial charge in [0.15, 0.2) is 9.84 Å². The van der Waals surface area contributed by atoms with Crippen LogP contribution in [-0.4, -0.2) is 40.3 Å². The summed E-state index contributed by atoms with van der Waals surface area (Å²) < 4.78 is 35.2. The lowest BCUT2D eigenvalue weighted by Crippen LogP contribution is -2.41. The minimum absolute atomic E-state index is 0.157. The first-order chi connectivity index (χ1) is 12.8. The summed E-state index contributed by atoms with van der Waals surface area (Å²) in [7, 11) is -0.328. The van der Waals surface area contributed by atoms with Crippen LogP contribution in [0, 0.1) is 0 Å². The highest BCUT2D eigenvalue weighted by Crippen LogP contribution is 2.29. The number of anilines is 1. The van der Waals surface area contributed by atoms with Crippen molar-refractivity contribution in [3.8, 4) is 11.5 Å². The molecule has 142 valence electrons. The largest absolute Gasteiger partial charge is 0.497 e. The zero-order chi connectivity index (χ0) is 19.6. The predicted molar refractivity (Wildman–Crippen MR) is 107 cm³/mol. The lowest BCUT2D eigenvalue weighted by Gasteiger charge is -2.28. The van der Waals surface area contributed by atoms with Crippen LogP contribution in [-0.2, 0) is 9.84 Å². The Morgan fingerprint density at radius 3 is 2.15 bits per heavy atom. The fraction of sp³-hybridized carbons (Fsp3) is 0.211. The number of sulfone groups is 1. The third-order valence-electron chi connectivity index (χ3n) is 4.16. The SMILES string of the molecule is COc1cc(OC)cc(C(=O)N(c2ccc(Br)cc2)[C@H]2C=CS(=O)(=O)C2)c1. The van der Waals surface area contributed by atoms with E-state index in [0.29, 0.717) is 22.7 Å². The Kier molecular flexibility index (Phi) is 5.57. The Bertz CT molecular complexity index is 963. The van der Waals surface area contributed by atoms with E-state index in [1.165, 1.54) is 25.2 Å². The maximum Gasteiger partial charge on any atom is 0.259 e. The molecule has 0 fully saturated rings. The van der Waals surface area contributed by atoms with Crippen LogP contribution in [0.3, 0.4) is 0 Å². The molecular formula is C19H18BrNO5S. The summed E-state index contributed by atoms with van der Waals surface area (Å²) >= 11 is 3.37. The van der Waals surface area contributed by atoms with Crippen LogP contribution in [0.4, 0.5) is 5.69 Å². The zero-order valence-electron chi connectivity index (χ0n) is 14.8. The molecule has 1 heterocycles. The molecule has 0 N–H and O–H groups in total. The van der Waals surface area contributed by atoms with Gasteiger partial charge in [-0.15, -0.1) is 0 Å².